The smallest absolute Gasteiger partial charge is 0.0238 e. The lowest BCUT2D eigenvalue weighted by molar-refractivity contribution is 0.444. The van der Waals surface area contributed by atoms with E-state index in [-0.39, 0.29) is 0 Å². The predicted octanol–water partition coefficient (Wildman–Crippen LogP) is 3.72. The second-order valence-corrected chi connectivity index (χ2v) is 4.31. The molecule has 0 aromatic rings. The zero-order valence-corrected chi connectivity index (χ0v) is 7.44. The summed E-state index contributed by atoms with van der Waals surface area (Å²) in [6.07, 6.45) is 13.5. The van der Waals surface area contributed by atoms with Crippen LogP contribution in [0, 0.1) is 11.8 Å². The molecule has 11 heavy (non-hydrogen) atoms. The minimum atomic E-state index is 1.09. The summed E-state index contributed by atoms with van der Waals surface area (Å²) in [6.45, 7) is 0. The molecule has 0 heterocycles. The first-order chi connectivity index (χ1) is 5.45. The van der Waals surface area contributed by atoms with Crippen LogP contribution in [0.25, 0.3) is 0 Å². The Morgan fingerprint density at radius 1 is 0.818 bits per heavy atom. The predicted molar refractivity (Wildman–Crippen MR) is 48.3 cm³/mol. The molecule has 0 nitrogen and oxygen atoms in total. The number of hydrogen-bond acceptors (Lipinski definition) is 0. The van der Waals surface area contributed by atoms with Gasteiger partial charge in [0.25, 0.3) is 0 Å². The molecule has 2 bridgehead atoms. The maximum Gasteiger partial charge on any atom is -0.0238 e. The Balaban J connectivity index is 1.96. The van der Waals surface area contributed by atoms with Gasteiger partial charge in [0.1, 0.15) is 0 Å². The van der Waals surface area contributed by atoms with Gasteiger partial charge in [0.05, 0.1) is 0 Å². The summed E-state index contributed by atoms with van der Waals surface area (Å²) in [7, 11) is 0. The van der Waals surface area contributed by atoms with Gasteiger partial charge in [-0.3, -0.25) is 0 Å². The van der Waals surface area contributed by atoms with Crippen LogP contribution in [-0.2, 0) is 0 Å². The highest BCUT2D eigenvalue weighted by Crippen LogP contribution is 2.37. The van der Waals surface area contributed by atoms with E-state index >= 15 is 0 Å². The topological polar surface area (TPSA) is 0 Å². The third-order valence-electron chi connectivity index (χ3n) is 3.36. The van der Waals surface area contributed by atoms with Crippen LogP contribution in [0.2, 0.25) is 0 Å². The van der Waals surface area contributed by atoms with Crippen molar-refractivity contribution in [1.82, 2.24) is 0 Å². The largest absolute Gasteiger partial charge is 0.0530 e. The van der Waals surface area contributed by atoms with Gasteiger partial charge in [0.15, 0.2) is 0 Å². The highest BCUT2D eigenvalue weighted by Gasteiger charge is 2.22. The molecule has 0 N–H and O–H groups in total. The van der Waals surface area contributed by atoms with Crippen LogP contribution in [0.1, 0.15) is 57.8 Å². The van der Waals surface area contributed by atoms with Crippen molar-refractivity contribution in [3.8, 4) is 0 Å². The average molecular weight is 151 g/mol. The number of hydrogen-bond donors (Lipinski definition) is 0. The van der Waals surface area contributed by atoms with Gasteiger partial charge in [-0.05, 0) is 31.1 Å². The van der Waals surface area contributed by atoms with Gasteiger partial charge in [-0.15, -0.1) is 0 Å². The van der Waals surface area contributed by atoms with Gasteiger partial charge in [0.2, 0.25) is 0 Å². The zero-order valence-electron chi connectivity index (χ0n) is 7.44. The molecule has 2 rings (SSSR count). The third kappa shape index (κ3) is 1.98. The maximum atomic E-state index is 1.91. The van der Waals surface area contributed by atoms with Gasteiger partial charge in [-0.2, -0.15) is 0 Å². The van der Waals surface area contributed by atoms with E-state index in [1.54, 1.807) is 0 Å². The Hall–Kier alpha value is 0. The molecule has 0 saturated heterocycles. The molecule has 2 fully saturated rings. The third-order valence-corrected chi connectivity index (χ3v) is 3.36. The van der Waals surface area contributed by atoms with E-state index in [2.05, 4.69) is 0 Å². The molecule has 2 aliphatic rings. The summed E-state index contributed by atoms with van der Waals surface area (Å²) < 4.78 is 0. The summed E-state index contributed by atoms with van der Waals surface area (Å²) in [5.41, 5.74) is 0. The highest BCUT2D eigenvalue weighted by atomic mass is 14.3. The van der Waals surface area contributed by atoms with Crippen molar-refractivity contribution in [2.45, 2.75) is 57.8 Å². The van der Waals surface area contributed by atoms with Gasteiger partial charge < -0.3 is 0 Å². The molecular formula is C11H19. The van der Waals surface area contributed by atoms with Crippen LogP contribution < -0.4 is 0 Å². The monoisotopic (exact) mass is 151 g/mol. The lowest BCUT2D eigenvalue weighted by Crippen LogP contribution is -1.99. The van der Waals surface area contributed by atoms with Crippen LogP contribution >= 0.6 is 0 Å². The van der Waals surface area contributed by atoms with Crippen LogP contribution in [0.4, 0.5) is 0 Å². The minimum absolute atomic E-state index is 1.09. The van der Waals surface area contributed by atoms with Crippen molar-refractivity contribution in [2.24, 2.45) is 5.92 Å². The molecule has 0 atom stereocenters. The Labute approximate surface area is 70.4 Å². The summed E-state index contributed by atoms with van der Waals surface area (Å²) in [4.78, 5) is 0. The number of rotatable bonds is 0. The van der Waals surface area contributed by atoms with Gasteiger partial charge in [0, 0.05) is 0 Å². The van der Waals surface area contributed by atoms with Crippen LogP contribution in [0.5, 0.6) is 0 Å². The summed E-state index contributed by atoms with van der Waals surface area (Å²) >= 11 is 0. The first-order valence-corrected chi connectivity index (χ1v) is 5.29. The van der Waals surface area contributed by atoms with Gasteiger partial charge in [-0.1, -0.05) is 38.5 Å². The molecule has 0 aromatic carbocycles. The molecule has 0 aliphatic heterocycles. The molecule has 0 heteroatoms. The second kappa shape index (κ2) is 3.60. The number of fused-ring (bicyclic) bond motifs is 2. The van der Waals surface area contributed by atoms with Crippen LogP contribution in [0.15, 0.2) is 0 Å². The van der Waals surface area contributed by atoms with Crippen molar-refractivity contribution >= 4 is 0 Å². The Morgan fingerprint density at radius 3 is 2.09 bits per heavy atom. The first-order valence-electron chi connectivity index (χ1n) is 5.29. The summed E-state index contributed by atoms with van der Waals surface area (Å²) in [6, 6.07) is 0. The summed E-state index contributed by atoms with van der Waals surface area (Å²) in [5, 5.41) is 0. The molecule has 63 valence electrons. The van der Waals surface area contributed by atoms with Crippen molar-refractivity contribution in [3.63, 3.8) is 0 Å². The molecule has 0 unspecified atom stereocenters. The van der Waals surface area contributed by atoms with E-state index < -0.39 is 0 Å². The SMILES string of the molecule is C1CCC2CCCC[C](C1)C2. The molecule has 2 aliphatic carbocycles. The second-order valence-electron chi connectivity index (χ2n) is 4.31. The fourth-order valence-corrected chi connectivity index (χ4v) is 2.70. The molecule has 1 radical (unpaired) electrons. The van der Waals surface area contributed by atoms with Crippen molar-refractivity contribution in [3.05, 3.63) is 5.92 Å². The van der Waals surface area contributed by atoms with Crippen LogP contribution in [-0.4, -0.2) is 0 Å². The first kappa shape index (κ1) is 7.64. The van der Waals surface area contributed by atoms with E-state index in [1.807, 2.05) is 5.92 Å². The lowest BCUT2D eigenvalue weighted by atomic mass is 9.92. The zero-order chi connectivity index (χ0) is 7.52. The van der Waals surface area contributed by atoms with E-state index in [9.17, 15) is 0 Å². The van der Waals surface area contributed by atoms with E-state index in [4.69, 9.17) is 0 Å². The standard InChI is InChI=1S/C11H19/c1-2-6-11-8-4-3-7-10(5-1)9-11/h10H,1-9H2. The molecule has 2 saturated carbocycles. The highest BCUT2D eigenvalue weighted by molar-refractivity contribution is 4.95. The fourth-order valence-electron chi connectivity index (χ4n) is 2.70. The molecule has 0 amide bonds. The van der Waals surface area contributed by atoms with Crippen molar-refractivity contribution < 1.29 is 0 Å². The molecule has 0 spiro atoms. The van der Waals surface area contributed by atoms with Crippen LogP contribution in [0.3, 0.4) is 0 Å². The van der Waals surface area contributed by atoms with Crippen molar-refractivity contribution in [2.75, 3.05) is 0 Å². The minimum Gasteiger partial charge on any atom is -0.0530 e. The average Bonchev–Trinajstić information content (AvgIpc) is 2.36. The van der Waals surface area contributed by atoms with E-state index in [0.717, 1.165) is 5.92 Å². The maximum absolute atomic E-state index is 1.91. The van der Waals surface area contributed by atoms with Crippen molar-refractivity contribution in [1.29, 1.82) is 0 Å². The quantitative estimate of drug-likeness (QED) is 0.495. The Kier molecular flexibility index (Phi) is 2.50. The van der Waals surface area contributed by atoms with E-state index in [0.29, 0.717) is 0 Å². The van der Waals surface area contributed by atoms with E-state index in [1.165, 1.54) is 57.8 Å². The fraction of sp³-hybridized carbons (Fsp3) is 0.909. The summed E-state index contributed by atoms with van der Waals surface area (Å²) in [5.74, 6) is 3.00. The van der Waals surface area contributed by atoms with Gasteiger partial charge >= 0.3 is 0 Å². The Bertz CT molecular complexity index is 91.2. The molecular weight excluding hydrogens is 132 g/mol. The Morgan fingerprint density at radius 2 is 1.45 bits per heavy atom. The van der Waals surface area contributed by atoms with Gasteiger partial charge in [-0.25, -0.2) is 0 Å². The lowest BCUT2D eigenvalue weighted by Gasteiger charge is -2.13. The molecule has 0 aromatic heterocycles. The normalized spacial score (nSPS) is 29.5.